The molecule has 0 aliphatic rings. The van der Waals surface area contributed by atoms with Crippen LogP contribution in [0.1, 0.15) is 27.7 Å². The Morgan fingerprint density at radius 2 is 1.29 bits per heavy atom. The van der Waals surface area contributed by atoms with Gasteiger partial charge in [0.1, 0.15) is 0 Å². The molecule has 86 valence electrons. The summed E-state index contributed by atoms with van der Waals surface area (Å²) in [6.45, 7) is 14.2. The van der Waals surface area contributed by atoms with E-state index in [4.69, 9.17) is 9.90 Å². The predicted octanol–water partition coefficient (Wildman–Crippen LogP) is 0.858. The van der Waals surface area contributed by atoms with Gasteiger partial charge < -0.3 is 14.4 Å². The fourth-order valence-corrected chi connectivity index (χ4v) is 1.34. The minimum atomic E-state index is -1.23. The van der Waals surface area contributed by atoms with Crippen molar-refractivity contribution in [2.75, 3.05) is 32.1 Å². The SMILES string of the molecule is CC[N+](CC)(CC)CC.O=C([O-])CCl. The highest BCUT2D eigenvalue weighted by Crippen LogP contribution is 2.03. The number of halogens is 1. The van der Waals surface area contributed by atoms with Crippen molar-refractivity contribution < 1.29 is 14.4 Å². The molecule has 0 fully saturated rings. The van der Waals surface area contributed by atoms with Crippen LogP contribution in [0.15, 0.2) is 0 Å². The van der Waals surface area contributed by atoms with Crippen molar-refractivity contribution >= 4 is 17.6 Å². The van der Waals surface area contributed by atoms with Gasteiger partial charge in [-0.2, -0.15) is 0 Å². The van der Waals surface area contributed by atoms with E-state index in [0.717, 1.165) is 0 Å². The average Bonchev–Trinajstić information content (AvgIpc) is 2.23. The normalized spacial score (nSPS) is 10.4. The Hall–Kier alpha value is -0.280. The number of nitrogens with zero attached hydrogens (tertiary/aromatic N) is 1. The van der Waals surface area contributed by atoms with Gasteiger partial charge in [0.25, 0.3) is 0 Å². The quantitative estimate of drug-likeness (QED) is 0.512. The van der Waals surface area contributed by atoms with E-state index in [-0.39, 0.29) is 0 Å². The zero-order chi connectivity index (χ0) is 11.6. The Labute approximate surface area is 92.3 Å². The van der Waals surface area contributed by atoms with E-state index < -0.39 is 11.8 Å². The third kappa shape index (κ3) is 7.15. The van der Waals surface area contributed by atoms with Crippen LogP contribution in [0.3, 0.4) is 0 Å². The summed E-state index contributed by atoms with van der Waals surface area (Å²) in [5.41, 5.74) is 0. The van der Waals surface area contributed by atoms with Gasteiger partial charge in [-0.15, -0.1) is 11.6 Å². The number of carboxylic acid groups (broad SMARTS) is 1. The molecule has 0 unspecified atom stereocenters. The molecule has 0 aromatic carbocycles. The van der Waals surface area contributed by atoms with Crippen molar-refractivity contribution in [3.8, 4) is 0 Å². The lowest BCUT2D eigenvalue weighted by molar-refractivity contribution is -0.921. The van der Waals surface area contributed by atoms with E-state index in [1.807, 2.05) is 0 Å². The predicted molar refractivity (Wildman–Crippen MR) is 58.2 cm³/mol. The van der Waals surface area contributed by atoms with Gasteiger partial charge in [-0.25, -0.2) is 0 Å². The highest BCUT2D eigenvalue weighted by molar-refractivity contribution is 6.25. The zero-order valence-corrected chi connectivity index (χ0v) is 10.4. The van der Waals surface area contributed by atoms with Crippen molar-refractivity contribution in [1.82, 2.24) is 0 Å². The molecule has 0 saturated carbocycles. The highest BCUT2D eigenvalue weighted by atomic mass is 35.5. The van der Waals surface area contributed by atoms with Crippen molar-refractivity contribution in [1.29, 1.82) is 0 Å². The maximum absolute atomic E-state index is 9.12. The molecule has 0 rings (SSSR count). The molecule has 0 atom stereocenters. The summed E-state index contributed by atoms with van der Waals surface area (Å²) in [5, 5.41) is 9.12. The number of hydrogen-bond acceptors (Lipinski definition) is 2. The second kappa shape index (κ2) is 9.28. The standard InChI is InChI=1S/C8H20N.C2H3ClO2/c1-5-9(6-2,7-3)8-4;3-1-2(4)5/h5-8H2,1-4H3;1H2,(H,4,5)/q+1;/p-1. The van der Waals surface area contributed by atoms with Gasteiger partial charge in [-0.3, -0.25) is 0 Å². The highest BCUT2D eigenvalue weighted by Gasteiger charge is 2.16. The van der Waals surface area contributed by atoms with E-state index in [0.29, 0.717) is 0 Å². The molecule has 0 aliphatic carbocycles. The molecule has 0 aromatic rings. The third-order valence-electron chi connectivity index (χ3n) is 2.79. The van der Waals surface area contributed by atoms with Gasteiger partial charge in [0.05, 0.1) is 38.0 Å². The Morgan fingerprint density at radius 1 is 1.07 bits per heavy atom. The van der Waals surface area contributed by atoms with Crippen LogP contribution in [-0.4, -0.2) is 42.5 Å². The van der Waals surface area contributed by atoms with Crippen molar-refractivity contribution in [3.05, 3.63) is 0 Å². The first-order chi connectivity index (χ1) is 6.51. The molecule has 0 saturated heterocycles. The van der Waals surface area contributed by atoms with Gasteiger partial charge in [0, 0.05) is 0 Å². The minimum absolute atomic E-state index is 0.417. The van der Waals surface area contributed by atoms with Crippen molar-refractivity contribution in [3.63, 3.8) is 0 Å². The summed E-state index contributed by atoms with van der Waals surface area (Å²) < 4.78 is 1.28. The molecular weight excluding hydrogens is 202 g/mol. The molecule has 0 amide bonds. The fourth-order valence-electron chi connectivity index (χ4n) is 1.34. The van der Waals surface area contributed by atoms with E-state index in [2.05, 4.69) is 39.3 Å². The van der Waals surface area contributed by atoms with E-state index in [1.54, 1.807) is 0 Å². The second-order valence-electron chi connectivity index (χ2n) is 3.11. The first-order valence-corrected chi connectivity index (χ1v) is 5.66. The number of carbonyl (C=O) groups is 1. The summed E-state index contributed by atoms with van der Waals surface area (Å²) in [4.78, 5) is 9.12. The van der Waals surface area contributed by atoms with Crippen molar-refractivity contribution in [2.24, 2.45) is 0 Å². The summed E-state index contributed by atoms with van der Waals surface area (Å²) in [6.07, 6.45) is 0. The Morgan fingerprint density at radius 3 is 1.29 bits per heavy atom. The number of aliphatic carboxylic acids is 1. The van der Waals surface area contributed by atoms with Crippen LogP contribution in [-0.2, 0) is 4.79 Å². The molecule has 3 nitrogen and oxygen atoms in total. The van der Waals surface area contributed by atoms with Gasteiger partial charge in [0.2, 0.25) is 0 Å². The number of rotatable bonds is 5. The molecule has 0 heterocycles. The molecule has 4 heteroatoms. The Balaban J connectivity index is 0. The van der Waals surface area contributed by atoms with E-state index >= 15 is 0 Å². The van der Waals surface area contributed by atoms with Crippen LogP contribution in [0.5, 0.6) is 0 Å². The first kappa shape index (κ1) is 16.2. The van der Waals surface area contributed by atoms with Crippen molar-refractivity contribution in [2.45, 2.75) is 27.7 Å². The molecule has 0 radical (unpaired) electrons. The van der Waals surface area contributed by atoms with E-state index in [9.17, 15) is 0 Å². The number of carboxylic acids is 1. The minimum Gasteiger partial charge on any atom is -0.549 e. The van der Waals surface area contributed by atoms with Crippen LogP contribution in [0.25, 0.3) is 0 Å². The Bertz CT molecular complexity index is 130. The number of quaternary nitrogens is 1. The summed E-state index contributed by atoms with van der Waals surface area (Å²) in [5.74, 6) is -1.65. The molecule has 14 heavy (non-hydrogen) atoms. The largest absolute Gasteiger partial charge is 0.549 e. The monoisotopic (exact) mass is 223 g/mol. The number of carbonyl (C=O) groups excluding carboxylic acids is 1. The number of alkyl halides is 1. The summed E-state index contributed by atoms with van der Waals surface area (Å²) >= 11 is 4.67. The lowest BCUT2D eigenvalue weighted by atomic mass is 10.3. The molecular formula is C10H22ClNO2. The molecule has 0 bridgehead atoms. The topological polar surface area (TPSA) is 40.1 Å². The van der Waals surface area contributed by atoms with Crippen LogP contribution in [0, 0.1) is 0 Å². The maximum Gasteiger partial charge on any atom is 0.0757 e. The summed E-state index contributed by atoms with van der Waals surface area (Å²) in [7, 11) is 0. The lowest BCUT2D eigenvalue weighted by Gasteiger charge is -2.34. The van der Waals surface area contributed by atoms with E-state index in [1.165, 1.54) is 30.7 Å². The van der Waals surface area contributed by atoms with Crippen LogP contribution < -0.4 is 5.11 Å². The van der Waals surface area contributed by atoms with Crippen LogP contribution in [0.2, 0.25) is 0 Å². The molecule has 0 aromatic heterocycles. The lowest BCUT2D eigenvalue weighted by Crippen LogP contribution is -2.47. The van der Waals surface area contributed by atoms with Gasteiger partial charge >= 0.3 is 0 Å². The first-order valence-electron chi connectivity index (χ1n) is 5.12. The van der Waals surface area contributed by atoms with Crippen LogP contribution >= 0.6 is 11.6 Å². The van der Waals surface area contributed by atoms with Crippen LogP contribution in [0.4, 0.5) is 0 Å². The Kier molecular flexibility index (Phi) is 10.7. The number of hydrogen-bond donors (Lipinski definition) is 0. The second-order valence-corrected chi connectivity index (χ2v) is 3.38. The van der Waals surface area contributed by atoms with Gasteiger partial charge in [-0.1, -0.05) is 0 Å². The van der Waals surface area contributed by atoms with Gasteiger partial charge in [-0.05, 0) is 27.7 Å². The smallest absolute Gasteiger partial charge is 0.0757 e. The molecule has 0 aliphatic heterocycles. The zero-order valence-electron chi connectivity index (χ0n) is 9.68. The maximum atomic E-state index is 9.12. The summed E-state index contributed by atoms with van der Waals surface area (Å²) in [6, 6.07) is 0. The average molecular weight is 224 g/mol. The van der Waals surface area contributed by atoms with Gasteiger partial charge in [0.15, 0.2) is 0 Å². The fraction of sp³-hybridized carbons (Fsp3) is 0.900. The third-order valence-corrected chi connectivity index (χ3v) is 3.01. The molecule has 0 N–H and O–H groups in total. The molecule has 0 spiro atoms.